The standard InChI is InChI=1S/C16H15BrN2/c1-12(15-7-5-13(10-18)6-8-15)19-11-14-3-2-4-16(17)9-14/h2-9,12,19H,11H2,1H3. The van der Waals surface area contributed by atoms with Gasteiger partial charge in [0.05, 0.1) is 11.6 Å². The topological polar surface area (TPSA) is 35.8 Å². The normalized spacial score (nSPS) is 11.8. The fraction of sp³-hybridized carbons (Fsp3) is 0.188. The van der Waals surface area contributed by atoms with E-state index in [1.54, 1.807) is 0 Å². The van der Waals surface area contributed by atoms with E-state index in [0.717, 1.165) is 11.0 Å². The van der Waals surface area contributed by atoms with Gasteiger partial charge < -0.3 is 5.32 Å². The first-order valence-electron chi connectivity index (χ1n) is 6.17. The van der Waals surface area contributed by atoms with Gasteiger partial charge in [0.1, 0.15) is 0 Å². The highest BCUT2D eigenvalue weighted by atomic mass is 79.9. The monoisotopic (exact) mass is 314 g/mol. The van der Waals surface area contributed by atoms with Gasteiger partial charge in [0.2, 0.25) is 0 Å². The summed E-state index contributed by atoms with van der Waals surface area (Å²) >= 11 is 3.47. The van der Waals surface area contributed by atoms with Crippen LogP contribution in [0.1, 0.15) is 29.7 Å². The second-order valence-corrected chi connectivity index (χ2v) is 5.38. The zero-order chi connectivity index (χ0) is 13.7. The average molecular weight is 315 g/mol. The van der Waals surface area contributed by atoms with Crippen molar-refractivity contribution >= 4 is 15.9 Å². The first-order valence-corrected chi connectivity index (χ1v) is 6.96. The highest BCUT2D eigenvalue weighted by molar-refractivity contribution is 9.10. The Balaban J connectivity index is 1.97. The van der Waals surface area contributed by atoms with Gasteiger partial charge in [-0.15, -0.1) is 0 Å². The largest absolute Gasteiger partial charge is 0.306 e. The number of halogens is 1. The van der Waals surface area contributed by atoms with Crippen LogP contribution >= 0.6 is 15.9 Å². The van der Waals surface area contributed by atoms with E-state index >= 15 is 0 Å². The molecule has 0 fully saturated rings. The number of nitriles is 1. The zero-order valence-corrected chi connectivity index (χ0v) is 12.3. The zero-order valence-electron chi connectivity index (χ0n) is 10.7. The summed E-state index contributed by atoms with van der Waals surface area (Å²) in [5.41, 5.74) is 3.13. The summed E-state index contributed by atoms with van der Waals surface area (Å²) in [7, 11) is 0. The number of nitrogens with one attached hydrogen (secondary N) is 1. The molecule has 0 spiro atoms. The summed E-state index contributed by atoms with van der Waals surface area (Å²) in [6.07, 6.45) is 0. The van der Waals surface area contributed by atoms with E-state index in [-0.39, 0.29) is 6.04 Å². The Morgan fingerprint density at radius 2 is 1.95 bits per heavy atom. The van der Waals surface area contributed by atoms with Gasteiger partial charge in [0.15, 0.2) is 0 Å². The van der Waals surface area contributed by atoms with E-state index in [1.807, 2.05) is 36.4 Å². The van der Waals surface area contributed by atoms with Crippen molar-refractivity contribution in [2.75, 3.05) is 0 Å². The molecule has 0 aliphatic carbocycles. The summed E-state index contributed by atoms with van der Waals surface area (Å²) in [6.45, 7) is 2.94. The van der Waals surface area contributed by atoms with Gasteiger partial charge in [0.25, 0.3) is 0 Å². The van der Waals surface area contributed by atoms with Crippen molar-refractivity contribution in [2.24, 2.45) is 0 Å². The molecule has 3 heteroatoms. The van der Waals surface area contributed by atoms with E-state index in [9.17, 15) is 0 Å². The molecule has 0 saturated carbocycles. The van der Waals surface area contributed by atoms with Gasteiger partial charge in [-0.25, -0.2) is 0 Å². The summed E-state index contributed by atoms with van der Waals surface area (Å²) in [6, 6.07) is 18.4. The third kappa shape index (κ3) is 3.92. The maximum Gasteiger partial charge on any atom is 0.0991 e. The molecule has 0 aliphatic heterocycles. The van der Waals surface area contributed by atoms with Crippen LogP contribution < -0.4 is 5.32 Å². The molecule has 2 aromatic carbocycles. The molecule has 0 aliphatic rings. The van der Waals surface area contributed by atoms with Crippen LogP contribution in [0.15, 0.2) is 53.0 Å². The van der Waals surface area contributed by atoms with E-state index in [4.69, 9.17) is 5.26 Å². The molecule has 2 nitrogen and oxygen atoms in total. The van der Waals surface area contributed by atoms with Crippen molar-refractivity contribution in [3.63, 3.8) is 0 Å². The Labute approximate surface area is 122 Å². The molecular formula is C16H15BrN2. The summed E-state index contributed by atoms with van der Waals surface area (Å²) < 4.78 is 1.10. The first kappa shape index (κ1) is 13.8. The maximum absolute atomic E-state index is 8.78. The lowest BCUT2D eigenvalue weighted by Gasteiger charge is -2.14. The molecule has 2 aromatic rings. The number of hydrogen-bond donors (Lipinski definition) is 1. The molecule has 2 rings (SSSR count). The van der Waals surface area contributed by atoms with Gasteiger partial charge in [-0.05, 0) is 42.3 Å². The van der Waals surface area contributed by atoms with Crippen molar-refractivity contribution < 1.29 is 0 Å². The molecule has 0 bridgehead atoms. The van der Waals surface area contributed by atoms with Gasteiger partial charge in [0, 0.05) is 17.1 Å². The van der Waals surface area contributed by atoms with Gasteiger partial charge in [-0.2, -0.15) is 5.26 Å². The SMILES string of the molecule is CC(NCc1cccc(Br)c1)c1ccc(C#N)cc1. The van der Waals surface area contributed by atoms with Crippen molar-refractivity contribution in [1.82, 2.24) is 5.32 Å². The van der Waals surface area contributed by atoms with Crippen molar-refractivity contribution in [1.29, 1.82) is 5.26 Å². The second kappa shape index (κ2) is 6.51. The Bertz CT molecular complexity index is 584. The number of rotatable bonds is 4. The van der Waals surface area contributed by atoms with Crippen LogP contribution in [0.3, 0.4) is 0 Å². The summed E-state index contributed by atoms with van der Waals surface area (Å²) in [5.74, 6) is 0. The Hall–Kier alpha value is -1.63. The van der Waals surface area contributed by atoms with E-state index < -0.39 is 0 Å². The number of nitrogens with zero attached hydrogens (tertiary/aromatic N) is 1. The Morgan fingerprint density at radius 1 is 1.21 bits per heavy atom. The Morgan fingerprint density at radius 3 is 2.58 bits per heavy atom. The fourth-order valence-electron chi connectivity index (χ4n) is 1.88. The molecule has 1 atom stereocenters. The fourth-order valence-corrected chi connectivity index (χ4v) is 2.33. The van der Waals surface area contributed by atoms with Crippen LogP contribution in [0.5, 0.6) is 0 Å². The lowest BCUT2D eigenvalue weighted by Crippen LogP contribution is -2.18. The van der Waals surface area contributed by atoms with Gasteiger partial charge in [-0.3, -0.25) is 0 Å². The summed E-state index contributed by atoms with van der Waals surface area (Å²) in [5, 5.41) is 12.3. The highest BCUT2D eigenvalue weighted by Gasteiger charge is 2.04. The van der Waals surface area contributed by atoms with Crippen molar-refractivity contribution in [2.45, 2.75) is 19.5 Å². The highest BCUT2D eigenvalue weighted by Crippen LogP contribution is 2.15. The quantitative estimate of drug-likeness (QED) is 0.919. The minimum absolute atomic E-state index is 0.256. The van der Waals surface area contributed by atoms with Crippen LogP contribution in [0.25, 0.3) is 0 Å². The van der Waals surface area contributed by atoms with Gasteiger partial charge >= 0.3 is 0 Å². The first-order chi connectivity index (χ1) is 9.19. The van der Waals surface area contributed by atoms with E-state index in [0.29, 0.717) is 5.56 Å². The lowest BCUT2D eigenvalue weighted by molar-refractivity contribution is 0.574. The predicted octanol–water partition coefficient (Wildman–Crippen LogP) is 4.17. The predicted molar refractivity (Wildman–Crippen MR) is 80.6 cm³/mol. The molecule has 19 heavy (non-hydrogen) atoms. The molecule has 1 N–H and O–H groups in total. The molecule has 96 valence electrons. The number of benzene rings is 2. The van der Waals surface area contributed by atoms with Crippen molar-refractivity contribution in [3.05, 3.63) is 69.7 Å². The van der Waals surface area contributed by atoms with Crippen LogP contribution in [0, 0.1) is 11.3 Å². The summed E-state index contributed by atoms with van der Waals surface area (Å²) in [4.78, 5) is 0. The number of hydrogen-bond acceptors (Lipinski definition) is 2. The van der Waals surface area contributed by atoms with Crippen LogP contribution in [-0.2, 0) is 6.54 Å². The van der Waals surface area contributed by atoms with Crippen LogP contribution in [-0.4, -0.2) is 0 Å². The molecule has 1 unspecified atom stereocenters. The molecule has 0 aromatic heterocycles. The Kier molecular flexibility index (Phi) is 4.73. The van der Waals surface area contributed by atoms with E-state index in [2.05, 4.69) is 46.4 Å². The van der Waals surface area contributed by atoms with Crippen LogP contribution in [0.4, 0.5) is 0 Å². The third-order valence-corrected chi connectivity index (χ3v) is 3.53. The third-order valence-electron chi connectivity index (χ3n) is 3.04. The molecule has 0 saturated heterocycles. The molecule has 0 amide bonds. The maximum atomic E-state index is 8.78. The van der Waals surface area contributed by atoms with Crippen molar-refractivity contribution in [3.8, 4) is 6.07 Å². The van der Waals surface area contributed by atoms with Gasteiger partial charge in [-0.1, -0.05) is 40.2 Å². The second-order valence-electron chi connectivity index (χ2n) is 4.47. The van der Waals surface area contributed by atoms with Crippen LogP contribution in [0.2, 0.25) is 0 Å². The average Bonchev–Trinajstić information content (AvgIpc) is 2.45. The molecule has 0 heterocycles. The molecule has 0 radical (unpaired) electrons. The smallest absolute Gasteiger partial charge is 0.0991 e. The lowest BCUT2D eigenvalue weighted by atomic mass is 10.1. The minimum atomic E-state index is 0.256. The van der Waals surface area contributed by atoms with E-state index in [1.165, 1.54) is 11.1 Å². The minimum Gasteiger partial charge on any atom is -0.306 e. The molecular weight excluding hydrogens is 300 g/mol.